The van der Waals surface area contributed by atoms with Crippen LogP contribution in [0.3, 0.4) is 0 Å². The molecule has 41 heavy (non-hydrogen) atoms. The summed E-state index contributed by atoms with van der Waals surface area (Å²) in [7, 11) is 6.95. The molecule has 12 nitrogen and oxygen atoms in total. The standard InChI is InChI=1S/C29H35N3O9/c1-31(2)10-5-11-41-19(34)9-7-14-6-8-18(33)21-16(14)12-15-13-17-23(32(3)4)25(36)22(28(30)39)27(38)29(17,40)26(37)20(15)24(21)35/h6-9,15,17,23,33,36-37,40H,5,10-13H2,1-4H3,(H2,30,39)/b9-7+/t15-,17-,23-,29-/m0/s1. The maximum absolute atomic E-state index is 13.7. The molecule has 1 aromatic carbocycles. The van der Waals surface area contributed by atoms with Gasteiger partial charge in [0.1, 0.15) is 22.8 Å². The average Bonchev–Trinajstić information content (AvgIpc) is 2.87. The Labute approximate surface area is 237 Å². The van der Waals surface area contributed by atoms with Gasteiger partial charge in [-0.05, 0) is 76.6 Å². The molecule has 220 valence electrons. The van der Waals surface area contributed by atoms with E-state index in [2.05, 4.69) is 0 Å². The first-order valence-corrected chi connectivity index (χ1v) is 13.2. The number of aromatic hydroxyl groups is 1. The van der Waals surface area contributed by atoms with E-state index in [9.17, 15) is 39.6 Å². The minimum absolute atomic E-state index is 0.0293. The fraction of sp³-hybridized carbons (Fsp3) is 0.448. The number of ketones is 2. The second kappa shape index (κ2) is 11.1. The summed E-state index contributed by atoms with van der Waals surface area (Å²) in [5.74, 6) is -7.73. The van der Waals surface area contributed by atoms with E-state index in [0.29, 0.717) is 17.5 Å². The summed E-state index contributed by atoms with van der Waals surface area (Å²) >= 11 is 0. The smallest absolute Gasteiger partial charge is 0.330 e. The third kappa shape index (κ3) is 5.03. The lowest BCUT2D eigenvalue weighted by Crippen LogP contribution is -2.63. The van der Waals surface area contributed by atoms with Gasteiger partial charge in [-0.2, -0.15) is 0 Å². The van der Waals surface area contributed by atoms with Crippen LogP contribution in [0, 0.1) is 11.8 Å². The zero-order valence-electron chi connectivity index (χ0n) is 23.4. The molecule has 0 aliphatic heterocycles. The molecule has 0 radical (unpaired) electrons. The van der Waals surface area contributed by atoms with Crippen molar-refractivity contribution >= 4 is 29.5 Å². The molecular weight excluding hydrogens is 534 g/mol. The molecule has 12 heteroatoms. The number of carbonyl (C=O) groups is 4. The van der Waals surface area contributed by atoms with Gasteiger partial charge in [-0.1, -0.05) is 6.07 Å². The van der Waals surface area contributed by atoms with Crippen LogP contribution < -0.4 is 5.73 Å². The lowest BCUT2D eigenvalue weighted by molar-refractivity contribution is -0.148. The Hall–Kier alpha value is -4.00. The van der Waals surface area contributed by atoms with Crippen LogP contribution in [0.25, 0.3) is 6.08 Å². The van der Waals surface area contributed by atoms with E-state index in [0.717, 1.165) is 6.54 Å². The second-order valence-corrected chi connectivity index (χ2v) is 11.1. The van der Waals surface area contributed by atoms with E-state index in [1.807, 2.05) is 19.0 Å². The highest BCUT2D eigenvalue weighted by Gasteiger charge is 2.63. The van der Waals surface area contributed by atoms with Gasteiger partial charge >= 0.3 is 5.97 Å². The molecule has 0 saturated heterocycles. The number of fused-ring (bicyclic) bond motifs is 3. The molecule has 4 rings (SSSR count). The van der Waals surface area contributed by atoms with E-state index in [1.54, 1.807) is 20.2 Å². The van der Waals surface area contributed by atoms with Gasteiger partial charge in [0.05, 0.1) is 18.2 Å². The van der Waals surface area contributed by atoms with Crippen LogP contribution in [-0.4, -0.2) is 107 Å². The Kier molecular flexibility index (Phi) is 8.12. The van der Waals surface area contributed by atoms with E-state index in [1.165, 1.54) is 23.1 Å². The van der Waals surface area contributed by atoms with E-state index in [4.69, 9.17) is 10.5 Å². The maximum Gasteiger partial charge on any atom is 0.330 e. The number of amides is 1. The van der Waals surface area contributed by atoms with Crippen molar-refractivity contribution in [3.63, 3.8) is 0 Å². The molecule has 0 spiro atoms. The van der Waals surface area contributed by atoms with Crippen molar-refractivity contribution in [3.8, 4) is 5.75 Å². The highest BCUT2D eigenvalue weighted by molar-refractivity contribution is 6.24. The summed E-state index contributed by atoms with van der Waals surface area (Å²) in [6.07, 6.45) is 3.45. The number of nitrogens with zero attached hydrogens (tertiary/aromatic N) is 2. The molecule has 1 amide bonds. The van der Waals surface area contributed by atoms with Crippen LogP contribution in [0.4, 0.5) is 0 Å². The van der Waals surface area contributed by atoms with E-state index in [-0.39, 0.29) is 36.3 Å². The first-order valence-electron chi connectivity index (χ1n) is 13.2. The largest absolute Gasteiger partial charge is 0.510 e. The Morgan fingerprint density at radius 3 is 2.44 bits per heavy atom. The van der Waals surface area contributed by atoms with Crippen LogP contribution in [0.5, 0.6) is 5.75 Å². The maximum atomic E-state index is 13.7. The van der Waals surface area contributed by atoms with Gasteiger partial charge in [0.15, 0.2) is 11.4 Å². The summed E-state index contributed by atoms with van der Waals surface area (Å²) in [6, 6.07) is 1.74. The van der Waals surface area contributed by atoms with Crippen LogP contribution in [-0.2, 0) is 25.5 Å². The van der Waals surface area contributed by atoms with Crippen molar-refractivity contribution in [2.75, 3.05) is 41.3 Å². The molecule has 3 aliphatic carbocycles. The SMILES string of the molecule is CN(C)CCCOC(=O)/C=C/c1ccc(O)c2c1C[C@H]1C[C@H]3[C@H](N(C)C)C(O)=C(C(N)=O)C(=O)[C@@]3(O)C(O)=C1C2=O. The number of hydrogen-bond acceptors (Lipinski definition) is 11. The number of allylic oxidation sites excluding steroid dienone is 1. The van der Waals surface area contributed by atoms with Crippen LogP contribution in [0.1, 0.15) is 34.3 Å². The first-order chi connectivity index (χ1) is 19.2. The number of ether oxygens (including phenoxy) is 1. The minimum Gasteiger partial charge on any atom is -0.510 e. The number of esters is 1. The highest BCUT2D eigenvalue weighted by atomic mass is 16.5. The zero-order valence-corrected chi connectivity index (χ0v) is 23.4. The van der Waals surface area contributed by atoms with Crippen molar-refractivity contribution in [3.05, 3.63) is 57.6 Å². The van der Waals surface area contributed by atoms with Crippen molar-refractivity contribution in [2.24, 2.45) is 17.6 Å². The molecule has 0 saturated carbocycles. The van der Waals surface area contributed by atoms with Gasteiger partial charge in [0.25, 0.3) is 5.91 Å². The number of primary amides is 1. The van der Waals surface area contributed by atoms with Crippen LogP contribution in [0.2, 0.25) is 0 Å². The van der Waals surface area contributed by atoms with Crippen molar-refractivity contribution in [1.82, 2.24) is 9.80 Å². The van der Waals surface area contributed by atoms with E-state index >= 15 is 0 Å². The molecule has 6 N–H and O–H groups in total. The van der Waals surface area contributed by atoms with Crippen molar-refractivity contribution in [1.29, 1.82) is 0 Å². The lowest BCUT2D eigenvalue weighted by atomic mass is 9.58. The summed E-state index contributed by atoms with van der Waals surface area (Å²) < 4.78 is 5.22. The quantitative estimate of drug-likeness (QED) is 0.128. The number of aliphatic hydroxyl groups is 3. The molecule has 0 aromatic heterocycles. The Balaban J connectivity index is 1.74. The fourth-order valence-electron chi connectivity index (χ4n) is 6.19. The topological polar surface area (TPSA) is 191 Å². The number of Topliss-reactive ketones (excluding diaryl/α,β-unsaturated/α-hetero) is 2. The summed E-state index contributed by atoms with van der Waals surface area (Å²) in [5.41, 5.74) is 2.29. The molecule has 0 bridgehead atoms. The number of likely N-dealkylation sites (N-methyl/N-ethyl adjacent to an activating group) is 1. The molecule has 3 aliphatic rings. The number of phenolic OH excluding ortho intramolecular Hbond substituents is 1. The van der Waals surface area contributed by atoms with Crippen molar-refractivity contribution in [2.45, 2.75) is 30.9 Å². The van der Waals surface area contributed by atoms with Gasteiger partial charge in [-0.25, -0.2) is 4.79 Å². The fourth-order valence-corrected chi connectivity index (χ4v) is 6.19. The molecule has 0 fully saturated rings. The second-order valence-electron chi connectivity index (χ2n) is 11.1. The molecular formula is C29H35N3O9. The molecule has 4 atom stereocenters. The normalized spacial score (nSPS) is 26.0. The van der Waals surface area contributed by atoms with E-state index < -0.39 is 64.0 Å². The Bertz CT molecular complexity index is 1410. The van der Waals surface area contributed by atoms with Gasteiger partial charge in [-0.15, -0.1) is 0 Å². The summed E-state index contributed by atoms with van der Waals surface area (Å²) in [5, 5.41) is 44.5. The molecule has 0 heterocycles. The minimum atomic E-state index is -2.70. The Morgan fingerprint density at radius 1 is 1.15 bits per heavy atom. The van der Waals surface area contributed by atoms with Crippen LogP contribution >= 0.6 is 0 Å². The molecule has 1 aromatic rings. The summed E-state index contributed by atoms with van der Waals surface area (Å²) in [4.78, 5) is 54.9. The number of nitrogens with two attached hydrogens (primary N) is 1. The van der Waals surface area contributed by atoms with Gasteiger partial charge in [0, 0.05) is 24.1 Å². The third-order valence-electron chi connectivity index (χ3n) is 8.04. The van der Waals surface area contributed by atoms with Crippen LogP contribution in [0.15, 0.2) is 40.9 Å². The lowest BCUT2D eigenvalue weighted by Gasteiger charge is -2.50. The Morgan fingerprint density at radius 2 is 1.83 bits per heavy atom. The number of carbonyl (C=O) groups excluding carboxylic acids is 4. The number of benzene rings is 1. The average molecular weight is 570 g/mol. The molecule has 0 unspecified atom stereocenters. The zero-order chi connectivity index (χ0) is 30.4. The third-order valence-corrected chi connectivity index (χ3v) is 8.04. The number of hydrogen-bond donors (Lipinski definition) is 5. The monoisotopic (exact) mass is 569 g/mol. The number of rotatable bonds is 8. The highest BCUT2D eigenvalue weighted by Crippen LogP contribution is 2.52. The predicted molar refractivity (Wildman–Crippen MR) is 147 cm³/mol. The number of aliphatic hydroxyl groups excluding tert-OH is 2. The first kappa shape index (κ1) is 30.0. The number of phenols is 1. The van der Waals surface area contributed by atoms with Gasteiger partial charge in [-0.3, -0.25) is 19.3 Å². The summed E-state index contributed by atoms with van der Waals surface area (Å²) in [6.45, 7) is 0.986. The van der Waals surface area contributed by atoms with Gasteiger partial charge < -0.3 is 35.8 Å². The van der Waals surface area contributed by atoms with Gasteiger partial charge in [0.2, 0.25) is 5.78 Å². The van der Waals surface area contributed by atoms with Crippen molar-refractivity contribution < 1.29 is 44.3 Å². The predicted octanol–water partition coefficient (Wildman–Crippen LogP) is 0.629.